The molecule has 1 saturated heterocycles. The van der Waals surface area contributed by atoms with Gasteiger partial charge in [-0.3, -0.25) is 19.1 Å². The minimum atomic E-state index is -4.40. The third-order valence-corrected chi connectivity index (χ3v) is 7.00. The van der Waals surface area contributed by atoms with Crippen molar-refractivity contribution in [2.24, 2.45) is 0 Å². The van der Waals surface area contributed by atoms with Crippen molar-refractivity contribution in [3.63, 3.8) is 0 Å². The van der Waals surface area contributed by atoms with Crippen LogP contribution in [0.4, 0.5) is 5.95 Å². The monoisotopic (exact) mass is 500 g/mol. The number of methoxy groups -OCH3 is 1. The van der Waals surface area contributed by atoms with Gasteiger partial charge in [0, 0.05) is 24.5 Å². The number of carbonyl (C=O) groups is 1. The van der Waals surface area contributed by atoms with Gasteiger partial charge in [0.25, 0.3) is 11.5 Å². The van der Waals surface area contributed by atoms with E-state index in [4.69, 9.17) is 14.5 Å². The van der Waals surface area contributed by atoms with E-state index in [2.05, 4.69) is 15.3 Å². The van der Waals surface area contributed by atoms with Gasteiger partial charge in [-0.2, -0.15) is 0 Å². The second-order valence-corrected chi connectivity index (χ2v) is 10.5. The summed E-state index contributed by atoms with van der Waals surface area (Å²) >= 11 is 0. The lowest BCUT2D eigenvalue weighted by Gasteiger charge is -2.16. The third-order valence-electron chi connectivity index (χ3n) is 4.63. The normalized spacial score (nSPS) is 15.7. The van der Waals surface area contributed by atoms with Gasteiger partial charge >= 0.3 is 7.60 Å². The zero-order chi connectivity index (χ0) is 24.4. The maximum Gasteiger partial charge on any atom is 0.349 e. The number of hydrogen-bond donors (Lipinski definition) is 5. The lowest BCUT2D eigenvalue weighted by Crippen LogP contribution is -2.32. The molecular formula is C18H21N4O9PS. The summed E-state index contributed by atoms with van der Waals surface area (Å²) in [6.07, 6.45) is 1.50. The number of anilines is 1. The quantitative estimate of drug-likeness (QED) is 0.325. The first-order valence-corrected chi connectivity index (χ1v) is 12.7. The lowest BCUT2D eigenvalue weighted by molar-refractivity contribution is 0.0942. The summed E-state index contributed by atoms with van der Waals surface area (Å²) in [5.41, 5.74) is -0.875. The van der Waals surface area contributed by atoms with Crippen molar-refractivity contribution in [2.75, 3.05) is 23.7 Å². The number of nitrogens with one attached hydrogen (secondary N) is 2. The van der Waals surface area contributed by atoms with Gasteiger partial charge in [-0.1, -0.05) is 6.07 Å². The number of benzene rings is 1. The van der Waals surface area contributed by atoms with Crippen LogP contribution >= 0.6 is 7.60 Å². The number of nitrogens with zero attached hydrogens (tertiary/aromatic N) is 2. The minimum Gasteiger partial charge on any atom is -0.501 e. The summed E-state index contributed by atoms with van der Waals surface area (Å²) in [6.45, 7) is -0.0291. The van der Waals surface area contributed by atoms with Crippen molar-refractivity contribution < 1.29 is 37.4 Å². The van der Waals surface area contributed by atoms with E-state index in [9.17, 15) is 27.7 Å². The Bertz CT molecular complexity index is 1320. The zero-order valence-electron chi connectivity index (χ0n) is 17.3. The van der Waals surface area contributed by atoms with Crippen LogP contribution in [-0.4, -0.2) is 58.6 Å². The molecule has 0 aliphatic carbocycles. The van der Waals surface area contributed by atoms with Gasteiger partial charge < -0.3 is 24.9 Å². The maximum atomic E-state index is 12.6. The SMILES string of the molecule is COc1ccc(CNC(=O)c2nc(N3CCCS3(=O)=O)[nH]c(=O)c2O)cc1/C=C/P(=O)(O)O. The van der Waals surface area contributed by atoms with Gasteiger partial charge in [0.05, 0.1) is 12.9 Å². The average Bonchev–Trinajstić information content (AvgIpc) is 3.10. The molecule has 0 radical (unpaired) electrons. The molecule has 1 aliphatic heterocycles. The van der Waals surface area contributed by atoms with E-state index in [1.165, 1.54) is 25.3 Å². The summed E-state index contributed by atoms with van der Waals surface area (Å²) < 4.78 is 41.3. The van der Waals surface area contributed by atoms with Crippen molar-refractivity contribution in [1.82, 2.24) is 15.3 Å². The topological polar surface area (TPSA) is 199 Å². The Morgan fingerprint density at radius 3 is 2.73 bits per heavy atom. The van der Waals surface area contributed by atoms with Gasteiger partial charge in [-0.05, 0) is 30.2 Å². The van der Waals surface area contributed by atoms with Crippen LogP contribution in [0.1, 0.15) is 28.0 Å². The smallest absolute Gasteiger partial charge is 0.349 e. The molecule has 1 aromatic carbocycles. The second-order valence-electron chi connectivity index (χ2n) is 6.99. The molecule has 1 aromatic heterocycles. The van der Waals surface area contributed by atoms with E-state index in [0.29, 0.717) is 29.1 Å². The number of rotatable bonds is 7. The van der Waals surface area contributed by atoms with Gasteiger partial charge in [0.2, 0.25) is 21.7 Å². The highest BCUT2D eigenvalue weighted by molar-refractivity contribution is 7.93. The molecule has 0 unspecified atom stereocenters. The fourth-order valence-electron chi connectivity index (χ4n) is 3.08. The van der Waals surface area contributed by atoms with Gasteiger partial charge in [0.15, 0.2) is 5.69 Å². The Morgan fingerprint density at radius 1 is 1.39 bits per heavy atom. The summed E-state index contributed by atoms with van der Waals surface area (Å²) in [4.78, 5) is 48.7. The fourth-order valence-corrected chi connectivity index (χ4v) is 4.90. The first kappa shape index (κ1) is 24.5. The standard InChI is InChI=1S/C18H21N4O9PS/c1-31-13-4-3-11(9-12(13)5-7-32(26,27)28)10-19-16(24)14-15(23)17(25)21-18(20-14)22-6-2-8-33(22,29)30/h3-5,7,9,23H,2,6,8,10H2,1H3,(H,19,24)(H,20,21,25)(H2,26,27,28)/b7-5+. The number of carbonyl (C=O) groups excluding carboxylic acids is 1. The van der Waals surface area contributed by atoms with E-state index in [1.54, 1.807) is 6.07 Å². The van der Waals surface area contributed by atoms with E-state index in [1.807, 2.05) is 0 Å². The molecule has 0 bridgehead atoms. The second kappa shape index (κ2) is 9.35. The summed E-state index contributed by atoms with van der Waals surface area (Å²) in [5, 5.41) is 12.4. The number of hydrogen-bond acceptors (Lipinski definition) is 8. The van der Waals surface area contributed by atoms with Crippen molar-refractivity contribution in [3.8, 4) is 11.5 Å². The van der Waals surface area contributed by atoms with Gasteiger partial charge in [0.1, 0.15) is 5.75 Å². The Kier molecular flexibility index (Phi) is 6.93. The van der Waals surface area contributed by atoms with Crippen LogP contribution in [0.2, 0.25) is 0 Å². The maximum absolute atomic E-state index is 12.6. The number of aromatic hydroxyl groups is 1. The first-order chi connectivity index (χ1) is 15.4. The van der Waals surface area contributed by atoms with Crippen LogP contribution < -0.4 is 19.9 Å². The number of amides is 1. The van der Waals surface area contributed by atoms with Crippen LogP contribution in [-0.2, 0) is 21.1 Å². The zero-order valence-corrected chi connectivity index (χ0v) is 19.0. The third kappa shape index (κ3) is 5.79. The van der Waals surface area contributed by atoms with Gasteiger partial charge in [-0.15, -0.1) is 0 Å². The summed E-state index contributed by atoms with van der Waals surface area (Å²) in [7, 11) is -6.70. The first-order valence-electron chi connectivity index (χ1n) is 9.44. The molecule has 2 heterocycles. The van der Waals surface area contributed by atoms with Crippen LogP contribution in [0.3, 0.4) is 0 Å². The molecule has 1 fully saturated rings. The number of sulfonamides is 1. The van der Waals surface area contributed by atoms with Crippen molar-refractivity contribution in [1.29, 1.82) is 0 Å². The van der Waals surface area contributed by atoms with Crippen LogP contribution in [0.15, 0.2) is 28.8 Å². The average molecular weight is 500 g/mol. The van der Waals surface area contributed by atoms with E-state index in [0.717, 1.165) is 4.31 Å². The van der Waals surface area contributed by atoms with Crippen LogP contribution in [0.5, 0.6) is 11.5 Å². The van der Waals surface area contributed by atoms with Crippen LogP contribution in [0, 0.1) is 0 Å². The molecule has 1 aliphatic rings. The molecular weight excluding hydrogens is 479 g/mol. The molecule has 178 valence electrons. The number of H-pyrrole nitrogens is 1. The van der Waals surface area contributed by atoms with E-state index >= 15 is 0 Å². The number of aromatic nitrogens is 2. The Morgan fingerprint density at radius 2 is 2.12 bits per heavy atom. The summed E-state index contributed by atoms with van der Waals surface area (Å²) in [6, 6.07) is 4.62. The predicted octanol–water partition coefficient (Wildman–Crippen LogP) is 0.102. The van der Waals surface area contributed by atoms with Crippen molar-refractivity contribution in [2.45, 2.75) is 13.0 Å². The lowest BCUT2D eigenvalue weighted by atomic mass is 10.1. The Labute approximate surface area is 188 Å². The highest BCUT2D eigenvalue weighted by Gasteiger charge is 2.32. The molecule has 5 N–H and O–H groups in total. The van der Waals surface area contributed by atoms with E-state index < -0.39 is 40.5 Å². The highest BCUT2D eigenvalue weighted by Crippen LogP contribution is 2.37. The highest BCUT2D eigenvalue weighted by atomic mass is 32.2. The molecule has 0 saturated carbocycles. The Hall–Kier alpha value is -3.19. The van der Waals surface area contributed by atoms with Gasteiger partial charge in [-0.25, -0.2) is 17.7 Å². The fraction of sp³-hybridized carbons (Fsp3) is 0.278. The minimum absolute atomic E-state index is 0.0772. The molecule has 13 nitrogen and oxygen atoms in total. The molecule has 3 rings (SSSR count). The molecule has 0 spiro atoms. The number of aromatic amines is 1. The molecule has 33 heavy (non-hydrogen) atoms. The Balaban J connectivity index is 1.83. The summed E-state index contributed by atoms with van der Waals surface area (Å²) in [5.74, 6) is -1.35. The van der Waals surface area contributed by atoms with Crippen molar-refractivity contribution >= 4 is 35.6 Å². The molecule has 15 heteroatoms. The predicted molar refractivity (Wildman–Crippen MR) is 118 cm³/mol. The number of ether oxygens (including phenoxy) is 1. The largest absolute Gasteiger partial charge is 0.501 e. The van der Waals surface area contributed by atoms with Crippen LogP contribution in [0.25, 0.3) is 6.08 Å². The van der Waals surface area contributed by atoms with Crippen molar-refractivity contribution in [3.05, 3.63) is 51.2 Å². The molecule has 1 amide bonds. The van der Waals surface area contributed by atoms with E-state index in [-0.39, 0.29) is 24.8 Å². The molecule has 2 aromatic rings. The molecule has 0 atom stereocenters.